The maximum Gasteiger partial charge on any atom is 0.226 e. The van der Waals surface area contributed by atoms with Crippen molar-refractivity contribution in [2.24, 2.45) is 0 Å². The van der Waals surface area contributed by atoms with Crippen molar-refractivity contribution in [2.75, 3.05) is 12.4 Å². The molecule has 0 radical (unpaired) electrons. The minimum atomic E-state index is -0.0899. The fraction of sp³-hybridized carbons (Fsp3) is 0.158. The van der Waals surface area contributed by atoms with Crippen molar-refractivity contribution in [3.63, 3.8) is 0 Å². The van der Waals surface area contributed by atoms with Gasteiger partial charge in [0.2, 0.25) is 5.91 Å². The second-order valence-electron chi connectivity index (χ2n) is 5.91. The van der Waals surface area contributed by atoms with Gasteiger partial charge in [-0.2, -0.15) is 0 Å². The third kappa shape index (κ3) is 2.87. The zero-order chi connectivity index (χ0) is 17.4. The summed E-state index contributed by atoms with van der Waals surface area (Å²) in [6, 6.07) is 15.2. The van der Waals surface area contributed by atoms with Crippen molar-refractivity contribution in [3.05, 3.63) is 71.1 Å². The predicted octanol–water partition coefficient (Wildman–Crippen LogP) is 4.01. The molecular formula is C19H16ClN3O2. The van der Waals surface area contributed by atoms with Gasteiger partial charge in [-0.1, -0.05) is 29.8 Å². The molecule has 1 N–H and O–H groups in total. The lowest BCUT2D eigenvalue weighted by molar-refractivity contribution is -0.116. The number of anilines is 1. The molecule has 0 spiro atoms. The van der Waals surface area contributed by atoms with Crippen LogP contribution in [0.15, 0.2) is 54.9 Å². The van der Waals surface area contributed by atoms with Gasteiger partial charge in [0.1, 0.15) is 17.9 Å². The number of halogens is 1. The van der Waals surface area contributed by atoms with Gasteiger partial charge in [-0.05, 0) is 29.8 Å². The number of amides is 1. The molecule has 1 amide bonds. The van der Waals surface area contributed by atoms with Crippen LogP contribution < -0.4 is 10.1 Å². The predicted molar refractivity (Wildman–Crippen MR) is 96.7 cm³/mol. The summed E-state index contributed by atoms with van der Waals surface area (Å²) in [6.45, 7) is 0. The highest BCUT2D eigenvalue weighted by Crippen LogP contribution is 2.37. The molecular weight excluding hydrogens is 338 g/mol. The van der Waals surface area contributed by atoms with Crippen LogP contribution in [0.2, 0.25) is 5.02 Å². The zero-order valence-electron chi connectivity index (χ0n) is 13.6. The molecule has 0 bridgehead atoms. The highest BCUT2D eigenvalue weighted by molar-refractivity contribution is 6.30. The van der Waals surface area contributed by atoms with E-state index in [2.05, 4.69) is 10.3 Å². The second kappa shape index (κ2) is 6.26. The van der Waals surface area contributed by atoms with Crippen LogP contribution in [0, 0.1) is 0 Å². The van der Waals surface area contributed by atoms with Crippen molar-refractivity contribution in [2.45, 2.75) is 12.3 Å². The Morgan fingerprint density at radius 2 is 2.04 bits per heavy atom. The number of hydrogen-bond donors (Lipinski definition) is 1. The van der Waals surface area contributed by atoms with E-state index in [-0.39, 0.29) is 11.8 Å². The number of hydrogen-bond acceptors (Lipinski definition) is 3. The van der Waals surface area contributed by atoms with Gasteiger partial charge in [0, 0.05) is 23.4 Å². The highest BCUT2D eigenvalue weighted by atomic mass is 35.5. The number of nitrogens with zero attached hydrogens (tertiary/aromatic N) is 2. The molecule has 1 atom stereocenters. The average molecular weight is 354 g/mol. The number of rotatable bonds is 3. The molecule has 0 saturated heterocycles. The number of aromatic nitrogens is 2. The average Bonchev–Trinajstić information content (AvgIpc) is 3.05. The lowest BCUT2D eigenvalue weighted by Crippen LogP contribution is -2.24. The number of benzene rings is 2. The van der Waals surface area contributed by atoms with E-state index in [0.717, 1.165) is 22.7 Å². The Morgan fingerprint density at radius 3 is 2.80 bits per heavy atom. The third-order valence-corrected chi connectivity index (χ3v) is 4.63. The van der Waals surface area contributed by atoms with Crippen LogP contribution in [-0.2, 0) is 4.79 Å². The number of carbonyl (C=O) groups is 1. The molecule has 126 valence electrons. The maximum absolute atomic E-state index is 12.3. The Kier molecular flexibility index (Phi) is 3.93. The summed E-state index contributed by atoms with van der Waals surface area (Å²) in [5.41, 5.74) is 2.76. The Labute approximate surface area is 150 Å². The van der Waals surface area contributed by atoms with E-state index in [1.807, 2.05) is 53.1 Å². The molecule has 0 aliphatic carbocycles. The third-order valence-electron chi connectivity index (χ3n) is 4.38. The molecule has 1 aliphatic heterocycles. The summed E-state index contributed by atoms with van der Waals surface area (Å²) in [7, 11) is 1.63. The van der Waals surface area contributed by atoms with Crippen molar-refractivity contribution < 1.29 is 9.53 Å². The van der Waals surface area contributed by atoms with E-state index >= 15 is 0 Å². The number of methoxy groups -OCH3 is 1. The van der Waals surface area contributed by atoms with Gasteiger partial charge in [-0.25, -0.2) is 4.98 Å². The summed E-state index contributed by atoms with van der Waals surface area (Å²) in [5, 5.41) is 3.62. The Hall–Kier alpha value is -2.79. The number of nitrogens with one attached hydrogen (secondary N) is 1. The van der Waals surface area contributed by atoms with E-state index in [0.29, 0.717) is 17.3 Å². The summed E-state index contributed by atoms with van der Waals surface area (Å²) >= 11 is 5.98. The number of carbonyl (C=O) groups excluding carboxylic acids is 1. The molecule has 3 aromatic rings. The number of fused-ring (bicyclic) bond motifs is 1. The van der Waals surface area contributed by atoms with Crippen LogP contribution in [0.25, 0.3) is 5.69 Å². The fourth-order valence-electron chi connectivity index (χ4n) is 3.13. The van der Waals surface area contributed by atoms with Gasteiger partial charge < -0.3 is 10.1 Å². The zero-order valence-corrected chi connectivity index (χ0v) is 14.3. The van der Waals surface area contributed by atoms with Crippen LogP contribution in [-0.4, -0.2) is 22.6 Å². The Morgan fingerprint density at radius 1 is 1.24 bits per heavy atom. The largest absolute Gasteiger partial charge is 0.497 e. The van der Waals surface area contributed by atoms with Gasteiger partial charge in [-0.3, -0.25) is 9.36 Å². The van der Waals surface area contributed by atoms with Crippen molar-refractivity contribution in [3.8, 4) is 11.4 Å². The van der Waals surface area contributed by atoms with E-state index in [4.69, 9.17) is 16.3 Å². The van der Waals surface area contributed by atoms with Crippen molar-refractivity contribution in [1.82, 2.24) is 9.55 Å². The quantitative estimate of drug-likeness (QED) is 0.774. The van der Waals surface area contributed by atoms with Crippen LogP contribution >= 0.6 is 11.6 Å². The maximum atomic E-state index is 12.3. The van der Waals surface area contributed by atoms with E-state index in [9.17, 15) is 4.79 Å². The van der Waals surface area contributed by atoms with Crippen LogP contribution in [0.4, 0.5) is 5.82 Å². The highest BCUT2D eigenvalue weighted by Gasteiger charge is 2.30. The molecule has 1 unspecified atom stereocenters. The molecule has 25 heavy (non-hydrogen) atoms. The van der Waals surface area contributed by atoms with E-state index < -0.39 is 0 Å². The van der Waals surface area contributed by atoms with Gasteiger partial charge in [0.25, 0.3) is 0 Å². The standard InChI is InChI=1S/C19H16ClN3O2/c1-25-15-4-2-3-14(9-15)23-11-21-18-16(10-17(24)22-19(18)23)12-5-7-13(20)8-6-12/h2-9,11,16H,10H2,1H3,(H,22,24). The van der Waals surface area contributed by atoms with Crippen molar-refractivity contribution in [1.29, 1.82) is 0 Å². The van der Waals surface area contributed by atoms with Gasteiger partial charge in [-0.15, -0.1) is 0 Å². The minimum Gasteiger partial charge on any atom is -0.497 e. The first-order valence-corrected chi connectivity index (χ1v) is 8.30. The summed E-state index contributed by atoms with van der Waals surface area (Å²) in [5.74, 6) is 1.32. The van der Waals surface area contributed by atoms with Crippen LogP contribution in [0.5, 0.6) is 5.75 Å². The molecule has 1 aliphatic rings. The van der Waals surface area contributed by atoms with Gasteiger partial charge in [0.05, 0.1) is 18.5 Å². The molecule has 1 aromatic heterocycles. The summed E-state index contributed by atoms with van der Waals surface area (Å²) in [4.78, 5) is 16.9. The number of imidazole rings is 1. The summed E-state index contributed by atoms with van der Waals surface area (Å²) in [6.07, 6.45) is 2.09. The first-order valence-electron chi connectivity index (χ1n) is 7.92. The second-order valence-corrected chi connectivity index (χ2v) is 6.34. The van der Waals surface area contributed by atoms with Crippen LogP contribution in [0.3, 0.4) is 0 Å². The van der Waals surface area contributed by atoms with E-state index in [1.165, 1.54) is 0 Å². The smallest absolute Gasteiger partial charge is 0.226 e. The first-order chi connectivity index (χ1) is 12.2. The van der Waals surface area contributed by atoms with Gasteiger partial charge in [0.15, 0.2) is 0 Å². The Bertz CT molecular complexity index is 934. The SMILES string of the molecule is COc1cccc(-n2cnc3c2NC(=O)CC3c2ccc(Cl)cc2)c1. The normalized spacial score (nSPS) is 16.2. The monoisotopic (exact) mass is 353 g/mol. The lowest BCUT2D eigenvalue weighted by atomic mass is 9.90. The molecule has 2 heterocycles. The van der Waals surface area contributed by atoms with Crippen LogP contribution in [0.1, 0.15) is 23.6 Å². The minimum absolute atomic E-state index is 0.0305. The molecule has 6 heteroatoms. The fourth-order valence-corrected chi connectivity index (χ4v) is 3.26. The molecule has 5 nitrogen and oxygen atoms in total. The Balaban J connectivity index is 1.79. The molecule has 4 rings (SSSR count). The van der Waals surface area contributed by atoms with Gasteiger partial charge >= 0.3 is 0 Å². The first kappa shape index (κ1) is 15.7. The molecule has 0 saturated carbocycles. The number of ether oxygens (including phenoxy) is 1. The topological polar surface area (TPSA) is 56.1 Å². The summed E-state index contributed by atoms with van der Waals surface area (Å²) < 4.78 is 7.16. The van der Waals surface area contributed by atoms with Crippen molar-refractivity contribution >= 4 is 23.3 Å². The lowest BCUT2D eigenvalue weighted by Gasteiger charge is -2.23. The molecule has 2 aromatic carbocycles. The molecule has 0 fully saturated rings. The van der Waals surface area contributed by atoms with E-state index in [1.54, 1.807) is 13.4 Å².